The van der Waals surface area contributed by atoms with Gasteiger partial charge in [-0.25, -0.2) is 58.3 Å². The number of methoxy groups -OCH3 is 2. The number of nitrogen functional groups attached to an aromatic ring is 2. The maximum atomic E-state index is 14.3. The molecule has 0 unspecified atom stereocenters. The molecule has 79 heavy (non-hydrogen) atoms. The van der Waals surface area contributed by atoms with Crippen LogP contribution in [0.4, 0.5) is 37.9 Å². The molecule has 4 aromatic carbocycles. The summed E-state index contributed by atoms with van der Waals surface area (Å²) in [7, 11) is 2.96. The fraction of sp³-hybridized carbons (Fsp3) is 0.143. The highest BCUT2D eigenvalue weighted by molar-refractivity contribution is 6.32. The van der Waals surface area contributed by atoms with Gasteiger partial charge in [-0.2, -0.15) is 0 Å². The lowest BCUT2D eigenvalue weighted by molar-refractivity contribution is 0.380. The number of hydrogen-bond donors (Lipinski definition) is 4. The zero-order valence-corrected chi connectivity index (χ0v) is 42.0. The van der Waals surface area contributed by atoms with Crippen LogP contribution in [0.5, 0.6) is 12.0 Å². The summed E-state index contributed by atoms with van der Waals surface area (Å²) in [6, 6.07) is 25.9. The summed E-state index contributed by atoms with van der Waals surface area (Å²) in [4.78, 5) is 66.0. The van der Waals surface area contributed by atoms with Gasteiger partial charge in [-0.05, 0) is 84.3 Å². The molecule has 0 saturated carbocycles. The van der Waals surface area contributed by atoms with Crippen LogP contribution in [0.3, 0.4) is 0 Å². The van der Waals surface area contributed by atoms with Gasteiger partial charge in [-0.15, -0.1) is 0 Å². The van der Waals surface area contributed by atoms with Crippen molar-refractivity contribution in [2.75, 3.05) is 31.0 Å². The second kappa shape index (κ2) is 25.5. The van der Waals surface area contributed by atoms with Gasteiger partial charge in [0.1, 0.15) is 22.6 Å². The van der Waals surface area contributed by atoms with Gasteiger partial charge in [-0.1, -0.05) is 75.0 Å². The van der Waals surface area contributed by atoms with Crippen molar-refractivity contribution in [3.63, 3.8) is 0 Å². The summed E-state index contributed by atoms with van der Waals surface area (Å²) in [6.07, 6.45) is 8.98. The lowest BCUT2D eigenvalue weighted by Gasteiger charge is -2.22. The van der Waals surface area contributed by atoms with E-state index in [0.29, 0.717) is 61.2 Å². The summed E-state index contributed by atoms with van der Waals surface area (Å²) in [5, 5.41) is 5.55. The molecule has 6 aromatic heterocycles. The molecule has 10 rings (SSSR count). The van der Waals surface area contributed by atoms with Crippen molar-refractivity contribution in [3.05, 3.63) is 206 Å². The molecule has 0 spiro atoms. The number of aromatic nitrogens is 10. The fourth-order valence-corrected chi connectivity index (χ4v) is 8.26. The molecule has 0 saturated heterocycles. The van der Waals surface area contributed by atoms with Gasteiger partial charge >= 0.3 is 12.0 Å². The summed E-state index contributed by atoms with van der Waals surface area (Å²) < 4.78 is 41.2. The highest BCUT2D eigenvalue weighted by atomic mass is 35.5. The number of nitrogens with zero attached hydrogens (tertiary/aromatic N) is 12. The van der Waals surface area contributed by atoms with Crippen molar-refractivity contribution in [1.82, 2.24) is 49.0 Å². The van der Waals surface area contributed by atoms with Gasteiger partial charge in [0.25, 0.3) is 11.1 Å². The van der Waals surface area contributed by atoms with E-state index in [1.807, 2.05) is 49.4 Å². The fourth-order valence-electron chi connectivity index (χ4n) is 8.08. The predicted octanol–water partition coefficient (Wildman–Crippen LogP) is 10.8. The molecule has 2 atom stereocenters. The molecule has 7 N–H and O–H groups in total. The van der Waals surface area contributed by atoms with E-state index in [1.54, 1.807) is 56.0 Å². The molecule has 0 bridgehead atoms. The van der Waals surface area contributed by atoms with Crippen LogP contribution >= 0.6 is 11.6 Å². The number of nitrogens with one attached hydrogen (secondary N) is 1. The van der Waals surface area contributed by atoms with Crippen LogP contribution in [-0.4, -0.2) is 63.2 Å². The number of fused-ring (bicyclic) bond motifs is 2. The van der Waals surface area contributed by atoms with Crippen LogP contribution in [0.15, 0.2) is 144 Å². The van der Waals surface area contributed by atoms with Crippen LogP contribution in [0.1, 0.15) is 52.2 Å². The lowest BCUT2D eigenvalue weighted by atomic mass is 9.99. The Labute approximate surface area is 456 Å². The van der Waals surface area contributed by atoms with Gasteiger partial charge in [0, 0.05) is 65.7 Å². The number of pyridine rings is 2. The zero-order chi connectivity index (χ0) is 54.9. The van der Waals surface area contributed by atoms with Crippen LogP contribution in [0.2, 0.25) is 5.15 Å². The van der Waals surface area contributed by atoms with Crippen LogP contribution in [0.25, 0.3) is 64.9 Å². The summed E-state index contributed by atoms with van der Waals surface area (Å²) in [6.45, 7) is 17.6. The van der Waals surface area contributed by atoms with Crippen molar-refractivity contribution in [1.29, 1.82) is 0 Å². The van der Waals surface area contributed by atoms with Gasteiger partial charge in [0.15, 0.2) is 0 Å². The molecule has 6 heterocycles. The number of anilines is 3. The second-order valence-corrected chi connectivity index (χ2v) is 16.9. The minimum atomic E-state index is -0.543. The molecule has 20 nitrogen and oxygen atoms in total. The van der Waals surface area contributed by atoms with E-state index >= 15 is 0 Å². The number of nitrogens with two attached hydrogens (primary N) is 3. The second-order valence-electron chi connectivity index (χ2n) is 16.6. The lowest BCUT2D eigenvalue weighted by Crippen LogP contribution is -2.26. The number of benzene rings is 4. The Morgan fingerprint density at radius 1 is 0.608 bits per heavy atom. The van der Waals surface area contributed by atoms with Crippen LogP contribution in [0, 0.1) is 24.8 Å². The predicted molar refractivity (Wildman–Crippen MR) is 303 cm³/mol. The molecule has 0 fully saturated rings. The largest absolute Gasteiger partial charge is 0.467 e. The van der Waals surface area contributed by atoms with E-state index in [1.165, 1.54) is 66.1 Å². The molecule has 400 valence electrons. The number of hydrogen-bond acceptors (Lipinski definition) is 16. The van der Waals surface area contributed by atoms with E-state index in [2.05, 4.69) is 54.9 Å². The third-order valence-corrected chi connectivity index (χ3v) is 11.8. The Bertz CT molecular complexity index is 4040. The molecular weight excluding hydrogens is 1030 g/mol. The van der Waals surface area contributed by atoms with Gasteiger partial charge in [0.2, 0.25) is 23.3 Å². The summed E-state index contributed by atoms with van der Waals surface area (Å²) in [5.74, 6) is -0.613. The van der Waals surface area contributed by atoms with Crippen molar-refractivity contribution in [3.8, 4) is 45.6 Å². The molecular formula is C56H51ClF2N16O4. The monoisotopic (exact) mass is 1080 g/mol. The molecule has 0 radical (unpaired) electrons. The average molecular weight is 1090 g/mol. The Balaban J connectivity index is 0.000000217. The number of rotatable bonds is 10. The molecule has 0 aliphatic rings. The normalized spacial score (nSPS) is 11.2. The smallest absolute Gasteiger partial charge is 0.316 e. The first-order chi connectivity index (χ1) is 37.1. The topological polar surface area (TPSA) is 264 Å². The van der Waals surface area contributed by atoms with E-state index in [9.17, 15) is 18.4 Å². The van der Waals surface area contributed by atoms with Crippen molar-refractivity contribution in [2.45, 2.75) is 40.8 Å². The first-order valence-corrected chi connectivity index (χ1v) is 23.3. The molecule has 23 heteroatoms. The maximum Gasteiger partial charge on any atom is 0.316 e. The summed E-state index contributed by atoms with van der Waals surface area (Å²) in [5.41, 5.74) is 21.3. The summed E-state index contributed by atoms with van der Waals surface area (Å²) >= 11 is 5.48. The maximum absolute atomic E-state index is 14.3. The molecule has 0 amide bonds. The van der Waals surface area contributed by atoms with E-state index in [0.717, 1.165) is 5.39 Å². The van der Waals surface area contributed by atoms with E-state index in [-0.39, 0.29) is 72.2 Å². The Morgan fingerprint density at radius 2 is 1.04 bits per heavy atom. The SMILES string of the molecule is C.C.COc1ncc(-c2cccc3cc([C@H](C)N)n(-c4cccc(F)c4)c(=O)c23)cn1.[C-]#[N+]c1cnc(N)nc1Cl.[C-]#[N+]c1cnc(N)nc1N[C@@H](C)c1cc2cccc(-c3cnc(OC)nc3)c2c(=O)n1-c1cccc(F)c1. The third-order valence-electron chi connectivity index (χ3n) is 11.6. The zero-order valence-electron chi connectivity index (χ0n) is 41.2. The Morgan fingerprint density at radius 3 is 1.47 bits per heavy atom. The number of ether oxygens (including phenoxy) is 2. The van der Waals surface area contributed by atoms with Crippen LogP contribution < -0.4 is 43.1 Å². The van der Waals surface area contributed by atoms with Crippen molar-refractivity contribution >= 4 is 62.2 Å². The van der Waals surface area contributed by atoms with Crippen molar-refractivity contribution in [2.24, 2.45) is 5.73 Å². The molecule has 0 aliphatic heterocycles. The standard InChI is InChI=1S/C27H21FN8O2.C22H19FN4O2.C5H3ClN4.2CH4/c1-15(34-24-21(30-2)14-31-26(29)35-24)22-10-16-6-4-9-20(17-12-32-27(38-3)33-13-17)23(16)25(37)36(22)19-8-5-7-18(28)11-19;1-13(24)19-9-14-5-3-8-18(15-11-25-22(29-2)26-12-15)20(14)21(28)27(19)17-7-4-6-16(23)10-17;1-8-3-2-9-5(7)10-4(3)6;;/h4-15H,1,3H3,(H3,29,31,34,35);3-13H,24H2,1-2H3;2H,(H2,7,9,10);2*1H4/t15-;13-;;;/m00.../s1. The molecule has 0 aliphatic carbocycles. The minimum absolute atomic E-state index is 0. The highest BCUT2D eigenvalue weighted by Gasteiger charge is 2.22. The number of halogens is 3. The Kier molecular flexibility index (Phi) is 18.7. The highest BCUT2D eigenvalue weighted by Crippen LogP contribution is 2.33. The van der Waals surface area contributed by atoms with Gasteiger partial charge in [0.05, 0.1) is 55.6 Å². The first kappa shape index (κ1) is 58.0. The average Bonchev–Trinajstić information content (AvgIpc) is 3.62. The Hall–Kier alpha value is -10.3. The quantitative estimate of drug-likeness (QED) is 0.0732. The third kappa shape index (κ3) is 12.7. The van der Waals surface area contributed by atoms with E-state index in [4.69, 9.17) is 51.4 Å². The minimum Gasteiger partial charge on any atom is -0.467 e. The van der Waals surface area contributed by atoms with Gasteiger partial charge < -0.3 is 32.0 Å². The molecule has 10 aromatic rings. The first-order valence-electron chi connectivity index (χ1n) is 22.9. The van der Waals surface area contributed by atoms with Crippen molar-refractivity contribution < 1.29 is 18.3 Å². The van der Waals surface area contributed by atoms with E-state index < -0.39 is 23.7 Å². The van der Waals surface area contributed by atoms with Crippen LogP contribution in [-0.2, 0) is 0 Å². The van der Waals surface area contributed by atoms with Gasteiger partial charge in [-0.3, -0.25) is 18.7 Å².